The first-order valence-electron chi connectivity index (χ1n) is 6.45. The van der Waals surface area contributed by atoms with Gasteiger partial charge >= 0.3 is 0 Å². The van der Waals surface area contributed by atoms with E-state index >= 15 is 0 Å². The Morgan fingerprint density at radius 1 is 1.44 bits per heavy atom. The third kappa shape index (κ3) is 3.99. The van der Waals surface area contributed by atoms with Gasteiger partial charge in [-0.3, -0.25) is 4.68 Å². The molecule has 104 valence electrons. The van der Waals surface area contributed by atoms with Crippen LogP contribution in [0.1, 0.15) is 31.9 Å². The van der Waals surface area contributed by atoms with Gasteiger partial charge in [-0.05, 0) is 27.4 Å². The van der Waals surface area contributed by atoms with Gasteiger partial charge in [-0.2, -0.15) is 5.10 Å². The maximum atomic E-state index is 5.88. The molecule has 0 spiro atoms. The minimum Gasteiger partial charge on any atom is -0.493 e. The molecule has 0 aliphatic rings. The molecule has 0 fully saturated rings. The molecule has 2 N–H and O–H groups in total. The zero-order valence-electron chi connectivity index (χ0n) is 12.2. The number of hydrogen-bond donors (Lipinski definition) is 1. The standard InChI is InChI=1S/C13H26N4O/c1-10(8-11(2)14)13-12(18-5)9-15-17(13)7-6-16(3)4/h9-11H,6-8,14H2,1-5H3. The van der Waals surface area contributed by atoms with E-state index < -0.39 is 0 Å². The van der Waals surface area contributed by atoms with Gasteiger partial charge < -0.3 is 15.4 Å². The van der Waals surface area contributed by atoms with Crippen LogP contribution < -0.4 is 10.5 Å². The van der Waals surface area contributed by atoms with Crippen molar-refractivity contribution in [2.24, 2.45) is 5.73 Å². The van der Waals surface area contributed by atoms with E-state index in [1.54, 1.807) is 13.3 Å². The molecule has 0 saturated heterocycles. The quantitative estimate of drug-likeness (QED) is 0.796. The van der Waals surface area contributed by atoms with E-state index in [2.05, 4.69) is 31.0 Å². The number of nitrogens with two attached hydrogens (primary N) is 1. The summed E-state index contributed by atoms with van der Waals surface area (Å²) in [6.45, 7) is 6.04. The Hall–Kier alpha value is -1.07. The van der Waals surface area contributed by atoms with E-state index in [4.69, 9.17) is 10.5 Å². The van der Waals surface area contributed by atoms with E-state index in [1.165, 1.54) is 0 Å². The molecule has 1 aromatic rings. The summed E-state index contributed by atoms with van der Waals surface area (Å²) in [7, 11) is 5.81. The Balaban J connectivity index is 2.87. The molecule has 1 rings (SSSR count). The van der Waals surface area contributed by atoms with Crippen LogP contribution in [0.3, 0.4) is 0 Å². The Morgan fingerprint density at radius 3 is 2.61 bits per heavy atom. The second-order valence-electron chi connectivity index (χ2n) is 5.24. The molecule has 0 aromatic carbocycles. The number of methoxy groups -OCH3 is 1. The molecule has 5 heteroatoms. The van der Waals surface area contributed by atoms with Crippen LogP contribution in [0.2, 0.25) is 0 Å². The van der Waals surface area contributed by atoms with Gasteiger partial charge in [0.05, 0.1) is 25.5 Å². The Bertz CT molecular complexity index is 360. The average Bonchev–Trinajstić information content (AvgIpc) is 2.68. The van der Waals surface area contributed by atoms with Crippen molar-refractivity contribution in [1.82, 2.24) is 14.7 Å². The second-order valence-corrected chi connectivity index (χ2v) is 5.24. The Morgan fingerprint density at radius 2 is 2.11 bits per heavy atom. The number of ether oxygens (including phenoxy) is 1. The lowest BCUT2D eigenvalue weighted by atomic mass is 9.99. The summed E-state index contributed by atoms with van der Waals surface area (Å²) in [5, 5.41) is 4.41. The number of rotatable bonds is 7. The number of likely N-dealkylation sites (N-methyl/N-ethyl adjacent to an activating group) is 1. The topological polar surface area (TPSA) is 56.3 Å². The van der Waals surface area contributed by atoms with Gasteiger partial charge in [-0.1, -0.05) is 6.92 Å². The minimum absolute atomic E-state index is 0.182. The lowest BCUT2D eigenvalue weighted by molar-refractivity contribution is 0.359. The van der Waals surface area contributed by atoms with Crippen LogP contribution >= 0.6 is 0 Å². The molecule has 0 bridgehead atoms. The number of hydrogen-bond acceptors (Lipinski definition) is 4. The highest BCUT2D eigenvalue weighted by molar-refractivity contribution is 5.28. The lowest BCUT2D eigenvalue weighted by Crippen LogP contribution is -2.23. The third-order valence-corrected chi connectivity index (χ3v) is 3.02. The highest BCUT2D eigenvalue weighted by atomic mass is 16.5. The summed E-state index contributed by atoms with van der Waals surface area (Å²) in [5.74, 6) is 1.21. The van der Waals surface area contributed by atoms with Gasteiger partial charge in [0.15, 0.2) is 5.75 Å². The molecule has 0 saturated carbocycles. The van der Waals surface area contributed by atoms with Crippen molar-refractivity contribution in [2.45, 2.75) is 38.8 Å². The predicted octanol–water partition coefficient (Wildman–Crippen LogP) is 1.29. The van der Waals surface area contributed by atoms with Crippen molar-refractivity contribution in [3.8, 4) is 5.75 Å². The van der Waals surface area contributed by atoms with E-state index in [9.17, 15) is 0 Å². The first-order chi connectivity index (χ1) is 8.45. The predicted molar refractivity (Wildman–Crippen MR) is 74.0 cm³/mol. The SMILES string of the molecule is COc1cnn(CCN(C)C)c1C(C)CC(C)N. The van der Waals surface area contributed by atoms with Crippen molar-refractivity contribution in [3.63, 3.8) is 0 Å². The molecule has 0 radical (unpaired) electrons. The second kappa shape index (κ2) is 6.75. The summed E-state index contributed by atoms with van der Waals surface area (Å²) in [6.07, 6.45) is 2.73. The molecule has 1 heterocycles. The fourth-order valence-corrected chi connectivity index (χ4v) is 2.17. The largest absolute Gasteiger partial charge is 0.493 e. The van der Waals surface area contributed by atoms with Gasteiger partial charge in [0.1, 0.15) is 0 Å². The minimum atomic E-state index is 0.182. The molecule has 0 aliphatic carbocycles. The van der Waals surface area contributed by atoms with Crippen LogP contribution in [0, 0.1) is 0 Å². The zero-order chi connectivity index (χ0) is 13.7. The summed E-state index contributed by atoms with van der Waals surface area (Å²) in [5.41, 5.74) is 7.03. The van der Waals surface area contributed by atoms with Crippen LogP contribution in [0.15, 0.2) is 6.20 Å². The first-order valence-corrected chi connectivity index (χ1v) is 6.45. The van der Waals surface area contributed by atoms with Crippen LogP contribution in [0.5, 0.6) is 5.75 Å². The lowest BCUT2D eigenvalue weighted by Gasteiger charge is -2.18. The summed E-state index contributed by atoms with van der Waals surface area (Å²) < 4.78 is 7.43. The van der Waals surface area contributed by atoms with Crippen LogP contribution in [0.25, 0.3) is 0 Å². The van der Waals surface area contributed by atoms with Gasteiger partial charge in [-0.15, -0.1) is 0 Å². The van der Waals surface area contributed by atoms with E-state index in [0.29, 0.717) is 5.92 Å². The average molecular weight is 254 g/mol. The van der Waals surface area contributed by atoms with Crippen molar-refractivity contribution in [1.29, 1.82) is 0 Å². The van der Waals surface area contributed by atoms with Crippen molar-refractivity contribution in [3.05, 3.63) is 11.9 Å². The fourth-order valence-electron chi connectivity index (χ4n) is 2.17. The third-order valence-electron chi connectivity index (χ3n) is 3.02. The maximum absolute atomic E-state index is 5.88. The number of aromatic nitrogens is 2. The monoisotopic (exact) mass is 254 g/mol. The Labute approximate surface area is 110 Å². The molecule has 2 unspecified atom stereocenters. The normalized spacial score (nSPS) is 14.8. The molecule has 1 aromatic heterocycles. The molecule has 0 amide bonds. The van der Waals surface area contributed by atoms with E-state index in [-0.39, 0.29) is 6.04 Å². The highest BCUT2D eigenvalue weighted by Gasteiger charge is 2.19. The van der Waals surface area contributed by atoms with E-state index in [0.717, 1.165) is 31.0 Å². The molecule has 5 nitrogen and oxygen atoms in total. The van der Waals surface area contributed by atoms with Gasteiger partial charge in [0.25, 0.3) is 0 Å². The summed E-state index contributed by atoms with van der Waals surface area (Å²) >= 11 is 0. The van der Waals surface area contributed by atoms with Gasteiger partial charge in [0.2, 0.25) is 0 Å². The highest BCUT2D eigenvalue weighted by Crippen LogP contribution is 2.29. The van der Waals surface area contributed by atoms with Gasteiger partial charge in [0, 0.05) is 18.5 Å². The molecular weight excluding hydrogens is 228 g/mol. The first kappa shape index (κ1) is 15.0. The molecule has 2 atom stereocenters. The van der Waals surface area contributed by atoms with Gasteiger partial charge in [-0.25, -0.2) is 0 Å². The van der Waals surface area contributed by atoms with Crippen LogP contribution in [-0.4, -0.2) is 48.5 Å². The van der Waals surface area contributed by atoms with Crippen molar-refractivity contribution >= 4 is 0 Å². The summed E-state index contributed by atoms with van der Waals surface area (Å²) in [4.78, 5) is 2.15. The van der Waals surface area contributed by atoms with Crippen LogP contribution in [0.4, 0.5) is 0 Å². The van der Waals surface area contributed by atoms with Crippen LogP contribution in [-0.2, 0) is 6.54 Å². The van der Waals surface area contributed by atoms with E-state index in [1.807, 2.05) is 11.6 Å². The molecule has 0 aliphatic heterocycles. The van der Waals surface area contributed by atoms with Crippen molar-refractivity contribution in [2.75, 3.05) is 27.7 Å². The van der Waals surface area contributed by atoms with Crippen molar-refractivity contribution < 1.29 is 4.74 Å². The maximum Gasteiger partial charge on any atom is 0.160 e. The molecular formula is C13H26N4O. The zero-order valence-corrected chi connectivity index (χ0v) is 12.2. The smallest absolute Gasteiger partial charge is 0.160 e. The molecule has 18 heavy (non-hydrogen) atoms. The fraction of sp³-hybridized carbons (Fsp3) is 0.769. The number of nitrogens with zero attached hydrogens (tertiary/aromatic N) is 3. The Kier molecular flexibility index (Phi) is 5.62. The summed E-state index contributed by atoms with van der Waals surface area (Å²) in [6, 6.07) is 0.182.